The van der Waals surface area contributed by atoms with Crippen LogP contribution >= 0.6 is 0 Å². The van der Waals surface area contributed by atoms with Crippen molar-refractivity contribution in [3.63, 3.8) is 0 Å². The Bertz CT molecular complexity index is 700. The highest BCUT2D eigenvalue weighted by Crippen LogP contribution is 2.39. The molecule has 3 N–H and O–H groups in total. The maximum atomic E-state index is 12.7. The summed E-state index contributed by atoms with van der Waals surface area (Å²) >= 11 is 0. The number of nitrogens with zero attached hydrogens (tertiary/aromatic N) is 3. The second kappa shape index (κ2) is 6.36. The van der Waals surface area contributed by atoms with E-state index < -0.39 is 0 Å². The van der Waals surface area contributed by atoms with Gasteiger partial charge in [0.05, 0.1) is 0 Å². The second-order valence-electron chi connectivity index (χ2n) is 7.04. The molecule has 2 aliphatic rings. The van der Waals surface area contributed by atoms with Crippen molar-refractivity contribution in [3.05, 3.63) is 42.4 Å². The van der Waals surface area contributed by atoms with Gasteiger partial charge < -0.3 is 11.1 Å². The lowest BCUT2D eigenvalue weighted by molar-refractivity contribution is 0.0756. The molecular formula is C18H23N5O. The molecule has 0 saturated heterocycles. The number of rotatable bonds is 3. The number of hydrogen-bond donors (Lipinski definition) is 2. The van der Waals surface area contributed by atoms with Gasteiger partial charge in [0.1, 0.15) is 0 Å². The Morgan fingerprint density at radius 1 is 1.25 bits per heavy atom. The van der Waals surface area contributed by atoms with Crippen LogP contribution in [0.4, 0.5) is 0 Å². The smallest absolute Gasteiger partial charge is 0.251 e. The van der Waals surface area contributed by atoms with Gasteiger partial charge >= 0.3 is 0 Å². The lowest BCUT2D eigenvalue weighted by Crippen LogP contribution is -2.53. The summed E-state index contributed by atoms with van der Waals surface area (Å²) in [7, 11) is 0. The molecule has 6 heteroatoms. The fraction of sp³-hybridized carbons (Fsp3) is 0.500. The van der Waals surface area contributed by atoms with Gasteiger partial charge in [-0.15, -0.1) is 0 Å². The number of aromatic nitrogens is 3. The van der Waals surface area contributed by atoms with Crippen LogP contribution in [0.3, 0.4) is 0 Å². The van der Waals surface area contributed by atoms with E-state index in [1.165, 1.54) is 19.3 Å². The topological polar surface area (TPSA) is 85.8 Å². The summed E-state index contributed by atoms with van der Waals surface area (Å²) in [5.74, 6) is 1.66. The predicted molar refractivity (Wildman–Crippen MR) is 90.7 cm³/mol. The van der Waals surface area contributed by atoms with Gasteiger partial charge in [-0.1, -0.05) is 6.42 Å². The molecule has 2 atom stereocenters. The monoisotopic (exact) mass is 325 g/mol. The zero-order chi connectivity index (χ0) is 16.5. The van der Waals surface area contributed by atoms with E-state index in [-0.39, 0.29) is 11.9 Å². The van der Waals surface area contributed by atoms with Crippen LogP contribution in [0.15, 0.2) is 36.8 Å². The van der Waals surface area contributed by atoms with Gasteiger partial charge in [0.15, 0.2) is 5.82 Å². The molecule has 2 saturated carbocycles. The summed E-state index contributed by atoms with van der Waals surface area (Å²) in [5.41, 5.74) is 6.80. The van der Waals surface area contributed by atoms with Crippen LogP contribution in [0, 0.1) is 11.8 Å². The van der Waals surface area contributed by atoms with E-state index in [0.717, 1.165) is 12.8 Å². The first-order valence-corrected chi connectivity index (χ1v) is 8.73. The van der Waals surface area contributed by atoms with Gasteiger partial charge in [-0.3, -0.25) is 4.79 Å². The van der Waals surface area contributed by atoms with E-state index in [1.807, 2.05) is 12.3 Å². The van der Waals surface area contributed by atoms with E-state index >= 15 is 0 Å². The number of carbonyl (C=O) groups is 1. The fourth-order valence-corrected chi connectivity index (χ4v) is 4.35. The van der Waals surface area contributed by atoms with Gasteiger partial charge in [-0.25, -0.2) is 9.67 Å². The predicted octanol–water partition coefficient (Wildman–Crippen LogP) is 1.90. The van der Waals surface area contributed by atoms with Gasteiger partial charge in [0, 0.05) is 36.2 Å². The molecule has 2 fully saturated rings. The number of hydrogen-bond acceptors (Lipinski definition) is 4. The minimum Gasteiger partial charge on any atom is -0.349 e. The van der Waals surface area contributed by atoms with Crippen LogP contribution in [0.25, 0.3) is 5.82 Å². The highest BCUT2D eigenvalue weighted by molar-refractivity contribution is 5.94. The first kappa shape index (κ1) is 15.3. The SMILES string of the molecule is NC1CC2CCCC(C1)C2NC(=O)c1ccnc(-n2cccn2)c1. The van der Waals surface area contributed by atoms with Gasteiger partial charge in [-0.05, 0) is 55.7 Å². The Labute approximate surface area is 141 Å². The summed E-state index contributed by atoms with van der Waals surface area (Å²) in [6, 6.07) is 5.92. The highest BCUT2D eigenvalue weighted by atomic mass is 16.1. The Hall–Kier alpha value is -2.21. The molecular weight excluding hydrogens is 302 g/mol. The maximum absolute atomic E-state index is 12.7. The molecule has 24 heavy (non-hydrogen) atoms. The van der Waals surface area contributed by atoms with Crippen molar-refractivity contribution in [3.8, 4) is 5.82 Å². The van der Waals surface area contributed by atoms with Crippen molar-refractivity contribution < 1.29 is 4.79 Å². The number of carbonyl (C=O) groups excluding carboxylic acids is 1. The number of nitrogens with one attached hydrogen (secondary N) is 1. The molecule has 6 nitrogen and oxygen atoms in total. The molecule has 2 aromatic heterocycles. The quantitative estimate of drug-likeness (QED) is 0.902. The molecule has 2 aromatic rings. The van der Waals surface area contributed by atoms with E-state index in [9.17, 15) is 4.79 Å². The molecule has 0 radical (unpaired) electrons. The molecule has 1 amide bonds. The first-order chi connectivity index (χ1) is 11.7. The number of nitrogens with two attached hydrogens (primary N) is 1. The molecule has 0 spiro atoms. The van der Waals surface area contributed by atoms with Crippen molar-refractivity contribution in [2.24, 2.45) is 17.6 Å². The van der Waals surface area contributed by atoms with Crippen LogP contribution in [0.2, 0.25) is 0 Å². The van der Waals surface area contributed by atoms with Gasteiger partial charge in [-0.2, -0.15) is 5.10 Å². The minimum absolute atomic E-state index is 0.0248. The standard InChI is InChI=1S/C18H23N5O/c19-15-9-12-3-1-4-13(10-15)17(12)22-18(24)14-5-7-20-16(11-14)23-8-2-6-21-23/h2,5-8,11-13,15,17H,1,3-4,9-10,19H2,(H,22,24). The summed E-state index contributed by atoms with van der Waals surface area (Å²) in [5, 5.41) is 7.44. The van der Waals surface area contributed by atoms with Crippen LogP contribution in [0.5, 0.6) is 0 Å². The third kappa shape index (κ3) is 2.94. The summed E-state index contributed by atoms with van der Waals surface area (Å²) in [6.07, 6.45) is 10.8. The summed E-state index contributed by atoms with van der Waals surface area (Å²) in [6.45, 7) is 0. The molecule has 4 rings (SSSR count). The first-order valence-electron chi connectivity index (χ1n) is 8.73. The van der Waals surface area contributed by atoms with E-state index in [2.05, 4.69) is 15.4 Å². The zero-order valence-corrected chi connectivity index (χ0v) is 13.6. The molecule has 2 bridgehead atoms. The van der Waals surface area contributed by atoms with Crippen molar-refractivity contribution in [1.82, 2.24) is 20.1 Å². The average molecular weight is 325 g/mol. The van der Waals surface area contributed by atoms with E-state index in [4.69, 9.17) is 5.73 Å². The molecule has 0 aromatic carbocycles. The molecule has 0 aliphatic heterocycles. The van der Waals surface area contributed by atoms with Crippen molar-refractivity contribution in [2.75, 3.05) is 0 Å². The van der Waals surface area contributed by atoms with Crippen LogP contribution in [-0.2, 0) is 0 Å². The number of amides is 1. The van der Waals surface area contributed by atoms with Crippen LogP contribution in [-0.4, -0.2) is 32.8 Å². The lowest BCUT2D eigenvalue weighted by Gasteiger charge is -2.45. The normalized spacial score (nSPS) is 29.2. The second-order valence-corrected chi connectivity index (χ2v) is 7.04. The van der Waals surface area contributed by atoms with E-state index in [0.29, 0.717) is 29.3 Å². The zero-order valence-electron chi connectivity index (χ0n) is 13.6. The molecule has 126 valence electrons. The Morgan fingerprint density at radius 2 is 2.04 bits per heavy atom. The van der Waals surface area contributed by atoms with Crippen molar-refractivity contribution in [2.45, 2.75) is 44.2 Å². The largest absolute Gasteiger partial charge is 0.349 e. The van der Waals surface area contributed by atoms with Crippen LogP contribution in [0.1, 0.15) is 42.5 Å². The number of pyridine rings is 1. The van der Waals surface area contributed by atoms with Gasteiger partial charge in [0.25, 0.3) is 5.91 Å². The molecule has 2 unspecified atom stereocenters. The van der Waals surface area contributed by atoms with E-state index in [1.54, 1.807) is 29.2 Å². The molecule has 2 heterocycles. The van der Waals surface area contributed by atoms with Gasteiger partial charge in [0.2, 0.25) is 0 Å². The average Bonchev–Trinajstić information content (AvgIpc) is 3.10. The van der Waals surface area contributed by atoms with Crippen LogP contribution < -0.4 is 11.1 Å². The fourth-order valence-electron chi connectivity index (χ4n) is 4.35. The Morgan fingerprint density at radius 3 is 2.75 bits per heavy atom. The minimum atomic E-state index is -0.0248. The highest BCUT2D eigenvalue weighted by Gasteiger charge is 2.39. The summed E-state index contributed by atoms with van der Waals surface area (Å²) in [4.78, 5) is 17.0. The lowest BCUT2D eigenvalue weighted by atomic mass is 9.67. The molecule has 2 aliphatic carbocycles. The third-order valence-corrected chi connectivity index (χ3v) is 5.42. The van der Waals surface area contributed by atoms with Crippen molar-refractivity contribution >= 4 is 5.91 Å². The summed E-state index contributed by atoms with van der Waals surface area (Å²) < 4.78 is 1.66. The number of fused-ring (bicyclic) bond motifs is 2. The maximum Gasteiger partial charge on any atom is 0.251 e. The Balaban J connectivity index is 1.51. The third-order valence-electron chi connectivity index (χ3n) is 5.42. The van der Waals surface area contributed by atoms with Crippen molar-refractivity contribution in [1.29, 1.82) is 0 Å². The Kier molecular flexibility index (Phi) is 4.06.